The van der Waals surface area contributed by atoms with Gasteiger partial charge in [0.2, 0.25) is 17.7 Å². The zero-order chi connectivity index (χ0) is 38.1. The lowest BCUT2D eigenvalue weighted by atomic mass is 9.85. The summed E-state index contributed by atoms with van der Waals surface area (Å²) in [6.07, 6.45) is -0.189. The first-order valence-electron chi connectivity index (χ1n) is 17.5. The van der Waals surface area contributed by atoms with E-state index in [9.17, 15) is 24.6 Å². The van der Waals surface area contributed by atoms with Gasteiger partial charge in [0, 0.05) is 20.0 Å². The van der Waals surface area contributed by atoms with Gasteiger partial charge in [-0.1, -0.05) is 99.3 Å². The first-order chi connectivity index (χ1) is 25.3. The summed E-state index contributed by atoms with van der Waals surface area (Å²) < 4.78 is 6.99. The van der Waals surface area contributed by atoms with Crippen LogP contribution in [0.4, 0.5) is 0 Å². The van der Waals surface area contributed by atoms with Gasteiger partial charge >= 0.3 is 0 Å². The number of nitrogens with one attached hydrogen (secondary N) is 4. The maximum absolute atomic E-state index is 14.2. The number of nitrogens with zero attached hydrogens (tertiary/aromatic N) is 3. The number of aromatic nitrogens is 3. The number of hydrogen-bond donors (Lipinski definition) is 6. The standard InChI is InChI=1S/C39H49N7O6S/c1-39(2,3)35(43-31(48)22-53-38-45-41-23-46(38)4)37(51)42-29(19-24-11-7-6-8-12-24)34(49)33(40-21-25-15-17-27(52-5)18-16-25)36(50)44-32-28-14-10-9-13-26(28)20-30(32)47/h6-18,23,29-30,32-35,40,47,49H,19-22H2,1-5H3,(H,42,51)(H,43,48)(H,44,50)/t29-,30?,32?,33+,34+,35+/m0/s1. The van der Waals surface area contributed by atoms with Crippen molar-refractivity contribution < 1.29 is 29.3 Å². The van der Waals surface area contributed by atoms with Crippen LogP contribution in [0.25, 0.3) is 0 Å². The monoisotopic (exact) mass is 743 g/mol. The average molecular weight is 744 g/mol. The second-order valence-corrected chi connectivity index (χ2v) is 15.3. The second kappa shape index (κ2) is 17.8. The molecule has 53 heavy (non-hydrogen) atoms. The molecule has 282 valence electrons. The summed E-state index contributed by atoms with van der Waals surface area (Å²) in [5.74, 6) is -0.738. The van der Waals surface area contributed by atoms with Crippen LogP contribution in [-0.4, -0.2) is 85.9 Å². The number of methoxy groups -OCH3 is 1. The Labute approximate surface area is 314 Å². The number of aliphatic hydroxyl groups is 2. The van der Waals surface area contributed by atoms with E-state index in [1.54, 1.807) is 30.9 Å². The molecule has 4 aromatic rings. The van der Waals surface area contributed by atoms with Gasteiger partial charge in [-0.2, -0.15) is 0 Å². The molecule has 6 N–H and O–H groups in total. The number of fused-ring (bicyclic) bond motifs is 1. The molecule has 6 atom stereocenters. The smallest absolute Gasteiger partial charge is 0.243 e. The molecule has 0 bridgehead atoms. The maximum Gasteiger partial charge on any atom is 0.243 e. The van der Waals surface area contributed by atoms with Crippen molar-refractivity contribution in [1.82, 2.24) is 36.0 Å². The first-order valence-corrected chi connectivity index (χ1v) is 18.5. The number of hydrogen-bond acceptors (Lipinski definition) is 10. The Morgan fingerprint density at radius 3 is 2.32 bits per heavy atom. The van der Waals surface area contributed by atoms with E-state index in [2.05, 4.69) is 31.5 Å². The number of carbonyl (C=O) groups is 3. The zero-order valence-corrected chi connectivity index (χ0v) is 31.5. The molecule has 1 aliphatic rings. The number of thioether (sulfide) groups is 1. The van der Waals surface area contributed by atoms with Gasteiger partial charge < -0.3 is 35.5 Å². The number of amides is 3. The van der Waals surface area contributed by atoms with Crippen molar-refractivity contribution in [2.45, 2.75) is 81.7 Å². The molecule has 13 nitrogen and oxygen atoms in total. The summed E-state index contributed by atoms with van der Waals surface area (Å²) in [7, 11) is 3.35. The summed E-state index contributed by atoms with van der Waals surface area (Å²) in [5, 5.41) is 43.6. The first kappa shape index (κ1) is 39.4. The van der Waals surface area contributed by atoms with E-state index < -0.39 is 53.6 Å². The van der Waals surface area contributed by atoms with E-state index in [4.69, 9.17) is 4.74 Å². The Hall–Kier alpha value is -4.76. The van der Waals surface area contributed by atoms with Crippen molar-refractivity contribution in [1.29, 1.82) is 0 Å². The molecular weight excluding hydrogens is 695 g/mol. The normalized spacial score (nSPS) is 17.6. The highest BCUT2D eigenvalue weighted by Gasteiger charge is 2.40. The summed E-state index contributed by atoms with van der Waals surface area (Å²) in [4.78, 5) is 41.6. The number of aryl methyl sites for hydroxylation is 1. The molecule has 1 heterocycles. The average Bonchev–Trinajstić information content (AvgIpc) is 3.70. The Balaban J connectivity index is 1.40. The van der Waals surface area contributed by atoms with Crippen LogP contribution in [0.3, 0.4) is 0 Å². The van der Waals surface area contributed by atoms with Crippen LogP contribution in [0.15, 0.2) is 90.3 Å². The van der Waals surface area contributed by atoms with Crippen molar-refractivity contribution in [3.63, 3.8) is 0 Å². The topological polar surface area (TPSA) is 180 Å². The van der Waals surface area contributed by atoms with Gasteiger partial charge in [0.15, 0.2) is 5.16 Å². The summed E-state index contributed by atoms with van der Waals surface area (Å²) in [6.45, 7) is 5.73. The molecule has 3 aromatic carbocycles. The second-order valence-electron chi connectivity index (χ2n) is 14.3. The molecule has 0 radical (unpaired) electrons. The molecule has 0 saturated carbocycles. The zero-order valence-electron chi connectivity index (χ0n) is 30.7. The van der Waals surface area contributed by atoms with Gasteiger partial charge in [-0.15, -0.1) is 10.2 Å². The van der Waals surface area contributed by atoms with Gasteiger partial charge in [-0.05, 0) is 46.2 Å². The number of benzene rings is 3. The minimum Gasteiger partial charge on any atom is -0.497 e. The molecule has 0 fully saturated rings. The van der Waals surface area contributed by atoms with Crippen LogP contribution >= 0.6 is 11.8 Å². The SMILES string of the molecule is COc1ccc(CN[C@@H](C(=O)NC2c3ccccc3CC2O)[C@H](O)[C@H](Cc2ccccc2)NC(=O)[C@@H](NC(=O)CSc2nncn2C)C(C)(C)C)cc1. The van der Waals surface area contributed by atoms with Gasteiger partial charge in [-0.25, -0.2) is 0 Å². The predicted octanol–water partition coefficient (Wildman–Crippen LogP) is 2.47. The van der Waals surface area contributed by atoms with E-state index in [0.717, 1.165) is 22.3 Å². The molecule has 0 aliphatic heterocycles. The third kappa shape index (κ3) is 10.4. The van der Waals surface area contributed by atoms with Crippen molar-refractivity contribution in [3.8, 4) is 5.75 Å². The Morgan fingerprint density at radius 1 is 0.962 bits per heavy atom. The summed E-state index contributed by atoms with van der Waals surface area (Å²) in [6, 6.07) is 20.3. The molecule has 0 spiro atoms. The van der Waals surface area contributed by atoms with Gasteiger partial charge in [-0.3, -0.25) is 19.7 Å². The van der Waals surface area contributed by atoms with Crippen molar-refractivity contribution in [3.05, 3.63) is 107 Å². The minimum atomic E-state index is -1.45. The van der Waals surface area contributed by atoms with Gasteiger partial charge in [0.1, 0.15) is 24.2 Å². The van der Waals surface area contributed by atoms with E-state index in [0.29, 0.717) is 17.3 Å². The molecule has 1 aromatic heterocycles. The van der Waals surface area contributed by atoms with Crippen LogP contribution in [0.5, 0.6) is 5.75 Å². The lowest BCUT2D eigenvalue weighted by Gasteiger charge is -2.35. The van der Waals surface area contributed by atoms with Crippen molar-refractivity contribution in [2.75, 3.05) is 12.9 Å². The van der Waals surface area contributed by atoms with E-state index in [1.807, 2.05) is 87.5 Å². The van der Waals surface area contributed by atoms with Crippen LogP contribution in [-0.2, 0) is 40.8 Å². The summed E-state index contributed by atoms with van der Waals surface area (Å²) in [5.41, 5.74) is 2.69. The quantitative estimate of drug-likeness (QED) is 0.0935. The van der Waals surface area contributed by atoms with E-state index in [1.165, 1.54) is 18.1 Å². The van der Waals surface area contributed by atoms with Crippen LogP contribution in [0.1, 0.15) is 49.1 Å². The molecule has 3 amide bonds. The number of carbonyl (C=O) groups excluding carboxylic acids is 3. The maximum atomic E-state index is 14.2. The fourth-order valence-corrected chi connectivity index (χ4v) is 7.06. The number of rotatable bonds is 16. The Morgan fingerprint density at radius 2 is 1.66 bits per heavy atom. The van der Waals surface area contributed by atoms with E-state index in [-0.39, 0.29) is 24.6 Å². The van der Waals surface area contributed by atoms with Crippen LogP contribution in [0, 0.1) is 5.41 Å². The fraction of sp³-hybridized carbons (Fsp3) is 0.410. The van der Waals surface area contributed by atoms with E-state index >= 15 is 0 Å². The largest absolute Gasteiger partial charge is 0.497 e. The molecule has 0 saturated heterocycles. The highest BCUT2D eigenvalue weighted by atomic mass is 32.2. The third-order valence-electron chi connectivity index (χ3n) is 9.28. The highest BCUT2D eigenvalue weighted by molar-refractivity contribution is 7.99. The molecule has 14 heteroatoms. The van der Waals surface area contributed by atoms with Gasteiger partial charge in [0.05, 0.1) is 37.2 Å². The molecule has 2 unspecified atom stereocenters. The van der Waals surface area contributed by atoms with Gasteiger partial charge in [0.25, 0.3) is 0 Å². The molecule has 5 rings (SSSR count). The highest BCUT2D eigenvalue weighted by Crippen LogP contribution is 2.31. The number of aliphatic hydroxyl groups excluding tert-OH is 2. The van der Waals surface area contributed by atoms with Crippen molar-refractivity contribution >= 4 is 29.5 Å². The Bertz CT molecular complexity index is 1830. The molecule has 1 aliphatic carbocycles. The third-order valence-corrected chi connectivity index (χ3v) is 10.3. The lowest BCUT2D eigenvalue weighted by molar-refractivity contribution is -0.133. The Kier molecular flexibility index (Phi) is 13.3. The minimum absolute atomic E-state index is 0.0101. The van der Waals surface area contributed by atoms with Crippen LogP contribution < -0.4 is 26.0 Å². The van der Waals surface area contributed by atoms with Crippen molar-refractivity contribution in [2.24, 2.45) is 12.5 Å². The summed E-state index contributed by atoms with van der Waals surface area (Å²) >= 11 is 1.20. The fourth-order valence-electron chi connectivity index (χ4n) is 6.37. The lowest BCUT2D eigenvalue weighted by Crippen LogP contribution is -2.62. The number of ether oxygens (including phenoxy) is 1. The van der Waals surface area contributed by atoms with Crippen LogP contribution in [0.2, 0.25) is 0 Å². The molecular formula is C39H49N7O6S. The predicted molar refractivity (Wildman–Crippen MR) is 202 cm³/mol.